The van der Waals surface area contributed by atoms with Crippen LogP contribution in [0.15, 0.2) is 71.6 Å². The average Bonchev–Trinajstić information content (AvgIpc) is 2.80. The summed E-state index contributed by atoms with van der Waals surface area (Å²) < 4.78 is 38.8. The van der Waals surface area contributed by atoms with E-state index in [-0.39, 0.29) is 17.2 Å². The molecule has 0 aliphatic rings. The quantitative estimate of drug-likeness (QED) is 0.463. The highest BCUT2D eigenvalue weighted by Gasteiger charge is 2.16. The normalized spacial score (nSPS) is 10.7. The molecular formula is C23H20ClN3O5S. The number of benzene rings is 3. The Morgan fingerprint density at radius 1 is 1.00 bits per heavy atom. The summed E-state index contributed by atoms with van der Waals surface area (Å²) in [5.74, 6) is 0.169. The number of nitrogens with one attached hydrogen (secondary N) is 2. The highest BCUT2D eigenvalue weighted by molar-refractivity contribution is 7.92. The van der Waals surface area contributed by atoms with Crippen LogP contribution in [0.4, 0.5) is 11.4 Å². The van der Waals surface area contributed by atoms with E-state index in [9.17, 15) is 13.2 Å². The maximum atomic E-state index is 12.7. The molecule has 0 fully saturated rings. The maximum absolute atomic E-state index is 12.7. The lowest BCUT2D eigenvalue weighted by Gasteiger charge is -2.13. The standard InChI is InChI=1S/C23H20ClN3O5S/c1-2-31-22-12-16(14-25)6-11-21(22)32-15-23(28)26-19-4-3-5-20(13-19)33(29,30)27-18-9-7-17(24)8-10-18/h3-13,27H,2,15H2,1H3,(H,26,28). The lowest BCUT2D eigenvalue weighted by atomic mass is 10.2. The summed E-state index contributed by atoms with van der Waals surface area (Å²) in [7, 11) is -3.88. The molecule has 2 N–H and O–H groups in total. The summed E-state index contributed by atoms with van der Waals surface area (Å²) >= 11 is 5.82. The molecule has 0 atom stereocenters. The zero-order valence-electron chi connectivity index (χ0n) is 17.5. The van der Waals surface area contributed by atoms with Crippen molar-refractivity contribution in [2.45, 2.75) is 11.8 Å². The molecule has 0 aromatic heterocycles. The van der Waals surface area contributed by atoms with Crippen molar-refractivity contribution in [3.05, 3.63) is 77.3 Å². The second-order valence-electron chi connectivity index (χ2n) is 6.68. The van der Waals surface area contributed by atoms with Crippen molar-refractivity contribution in [3.8, 4) is 17.6 Å². The summed E-state index contributed by atoms with van der Waals surface area (Å²) in [6, 6.07) is 18.7. The highest BCUT2D eigenvalue weighted by Crippen LogP contribution is 2.28. The van der Waals surface area contributed by atoms with Crippen LogP contribution in [0, 0.1) is 11.3 Å². The number of carbonyl (C=O) groups excluding carboxylic acids is 1. The molecular weight excluding hydrogens is 466 g/mol. The third kappa shape index (κ3) is 6.62. The molecule has 10 heteroatoms. The van der Waals surface area contributed by atoms with Gasteiger partial charge in [-0.1, -0.05) is 17.7 Å². The molecule has 3 rings (SSSR count). The number of carbonyl (C=O) groups is 1. The van der Waals surface area contributed by atoms with Crippen molar-refractivity contribution in [1.29, 1.82) is 5.26 Å². The Labute approximate surface area is 196 Å². The Balaban J connectivity index is 1.66. The van der Waals surface area contributed by atoms with Gasteiger partial charge in [0.05, 0.1) is 23.1 Å². The zero-order chi connectivity index (χ0) is 23.8. The molecule has 0 unspecified atom stereocenters. The van der Waals surface area contributed by atoms with Crippen LogP contribution in [0.3, 0.4) is 0 Å². The summed E-state index contributed by atoms with van der Waals surface area (Å²) in [5.41, 5.74) is 1.04. The van der Waals surface area contributed by atoms with Gasteiger partial charge in [0.15, 0.2) is 18.1 Å². The molecule has 0 heterocycles. The number of hydrogen-bond donors (Lipinski definition) is 2. The first-order chi connectivity index (χ1) is 15.8. The first kappa shape index (κ1) is 23.9. The smallest absolute Gasteiger partial charge is 0.262 e. The molecule has 8 nitrogen and oxygen atoms in total. The third-order valence-corrected chi connectivity index (χ3v) is 5.89. The van der Waals surface area contributed by atoms with Crippen LogP contribution in [0.25, 0.3) is 0 Å². The van der Waals surface area contributed by atoms with E-state index in [2.05, 4.69) is 10.0 Å². The minimum absolute atomic E-state index is 0.0260. The Kier molecular flexibility index (Phi) is 7.77. The lowest BCUT2D eigenvalue weighted by molar-refractivity contribution is -0.118. The van der Waals surface area contributed by atoms with Gasteiger partial charge in [-0.15, -0.1) is 0 Å². The minimum Gasteiger partial charge on any atom is -0.490 e. The first-order valence-electron chi connectivity index (χ1n) is 9.79. The molecule has 0 spiro atoms. The van der Waals surface area contributed by atoms with E-state index in [1.807, 2.05) is 6.07 Å². The van der Waals surface area contributed by atoms with Gasteiger partial charge in [0.2, 0.25) is 0 Å². The van der Waals surface area contributed by atoms with E-state index in [0.717, 1.165) is 0 Å². The number of nitrogens with zero attached hydrogens (tertiary/aromatic N) is 1. The van der Waals surface area contributed by atoms with Gasteiger partial charge in [-0.3, -0.25) is 9.52 Å². The second kappa shape index (κ2) is 10.7. The van der Waals surface area contributed by atoms with Crippen LogP contribution >= 0.6 is 11.6 Å². The zero-order valence-corrected chi connectivity index (χ0v) is 19.1. The summed E-state index contributed by atoms with van der Waals surface area (Å²) in [4.78, 5) is 12.3. The Bertz CT molecular complexity index is 1290. The predicted molar refractivity (Wildman–Crippen MR) is 125 cm³/mol. The van der Waals surface area contributed by atoms with E-state index in [4.69, 9.17) is 26.3 Å². The van der Waals surface area contributed by atoms with Gasteiger partial charge < -0.3 is 14.8 Å². The lowest BCUT2D eigenvalue weighted by Crippen LogP contribution is -2.21. The van der Waals surface area contributed by atoms with Gasteiger partial charge in [0, 0.05) is 22.5 Å². The number of amides is 1. The van der Waals surface area contributed by atoms with Gasteiger partial charge in [-0.2, -0.15) is 5.26 Å². The molecule has 0 saturated heterocycles. The predicted octanol–water partition coefficient (Wildman–Crippen LogP) is 4.43. The van der Waals surface area contributed by atoms with Crippen LogP contribution in [-0.4, -0.2) is 27.5 Å². The maximum Gasteiger partial charge on any atom is 0.262 e. The first-order valence-corrected chi connectivity index (χ1v) is 11.6. The number of sulfonamides is 1. The summed E-state index contributed by atoms with van der Waals surface area (Å²) in [6.45, 7) is 1.81. The average molecular weight is 486 g/mol. The molecule has 0 aliphatic carbocycles. The SMILES string of the molecule is CCOc1cc(C#N)ccc1OCC(=O)Nc1cccc(S(=O)(=O)Nc2ccc(Cl)cc2)c1. The van der Waals surface area contributed by atoms with Crippen molar-refractivity contribution < 1.29 is 22.7 Å². The van der Waals surface area contributed by atoms with Gasteiger partial charge in [-0.25, -0.2) is 8.42 Å². The van der Waals surface area contributed by atoms with Gasteiger partial charge in [0.25, 0.3) is 15.9 Å². The largest absolute Gasteiger partial charge is 0.490 e. The van der Waals surface area contributed by atoms with E-state index in [1.165, 1.54) is 24.3 Å². The molecule has 33 heavy (non-hydrogen) atoms. The third-order valence-electron chi connectivity index (χ3n) is 4.26. The van der Waals surface area contributed by atoms with Crippen LogP contribution < -0.4 is 19.5 Å². The van der Waals surface area contributed by atoms with Crippen molar-refractivity contribution in [2.75, 3.05) is 23.3 Å². The summed E-state index contributed by atoms with van der Waals surface area (Å²) in [6.07, 6.45) is 0. The fraction of sp³-hybridized carbons (Fsp3) is 0.130. The van der Waals surface area contributed by atoms with Crippen molar-refractivity contribution >= 4 is 38.9 Å². The molecule has 3 aromatic carbocycles. The molecule has 170 valence electrons. The number of rotatable bonds is 9. The number of halogens is 1. The van der Waals surface area contributed by atoms with Gasteiger partial charge >= 0.3 is 0 Å². The van der Waals surface area contributed by atoms with Gasteiger partial charge in [-0.05, 0) is 61.5 Å². The summed E-state index contributed by atoms with van der Waals surface area (Å²) in [5, 5.41) is 12.1. The van der Waals surface area contributed by atoms with Crippen LogP contribution in [0.1, 0.15) is 12.5 Å². The second-order valence-corrected chi connectivity index (χ2v) is 8.80. The Morgan fingerprint density at radius 3 is 2.45 bits per heavy atom. The van der Waals surface area contributed by atoms with E-state index >= 15 is 0 Å². The molecule has 0 saturated carbocycles. The van der Waals surface area contributed by atoms with Crippen molar-refractivity contribution in [3.63, 3.8) is 0 Å². The molecule has 3 aromatic rings. The number of nitriles is 1. The van der Waals surface area contributed by atoms with E-state index in [0.29, 0.717) is 34.4 Å². The van der Waals surface area contributed by atoms with Crippen molar-refractivity contribution in [2.24, 2.45) is 0 Å². The number of hydrogen-bond acceptors (Lipinski definition) is 6. The molecule has 0 radical (unpaired) electrons. The topological polar surface area (TPSA) is 118 Å². The van der Waals surface area contributed by atoms with Gasteiger partial charge in [0.1, 0.15) is 0 Å². The Morgan fingerprint density at radius 2 is 1.76 bits per heavy atom. The Hall–Kier alpha value is -3.74. The molecule has 0 bridgehead atoms. The van der Waals surface area contributed by atoms with Crippen LogP contribution in [-0.2, 0) is 14.8 Å². The monoisotopic (exact) mass is 485 g/mol. The highest BCUT2D eigenvalue weighted by atomic mass is 35.5. The van der Waals surface area contributed by atoms with Crippen LogP contribution in [0.5, 0.6) is 11.5 Å². The fourth-order valence-corrected chi connectivity index (χ4v) is 4.01. The molecule has 0 aliphatic heterocycles. The number of ether oxygens (including phenoxy) is 2. The fourth-order valence-electron chi connectivity index (χ4n) is 2.78. The minimum atomic E-state index is -3.88. The van der Waals surface area contributed by atoms with E-state index in [1.54, 1.807) is 49.4 Å². The van der Waals surface area contributed by atoms with E-state index < -0.39 is 15.9 Å². The van der Waals surface area contributed by atoms with Crippen molar-refractivity contribution in [1.82, 2.24) is 0 Å². The molecule has 1 amide bonds. The van der Waals surface area contributed by atoms with Crippen LogP contribution in [0.2, 0.25) is 5.02 Å². The number of anilines is 2.